The number of carbonyl (C=O) groups excluding carboxylic acids is 1. The molecule has 194 valence electrons. The molecule has 8 heteroatoms. The van der Waals surface area contributed by atoms with Gasteiger partial charge in [0, 0.05) is 7.11 Å². The highest BCUT2D eigenvalue weighted by Crippen LogP contribution is 2.31. The number of methoxy groups -OCH3 is 1. The number of benzene rings is 2. The van der Waals surface area contributed by atoms with Gasteiger partial charge in [-0.15, -0.1) is 0 Å². The van der Waals surface area contributed by atoms with Gasteiger partial charge >= 0.3 is 5.97 Å². The van der Waals surface area contributed by atoms with Gasteiger partial charge < -0.3 is 14.2 Å². The zero-order valence-corrected chi connectivity index (χ0v) is 22.6. The van der Waals surface area contributed by atoms with E-state index in [0.717, 1.165) is 16.9 Å². The molecule has 1 aliphatic heterocycles. The Morgan fingerprint density at radius 3 is 2.59 bits per heavy atom. The molecule has 1 aromatic heterocycles. The third-order valence-electron chi connectivity index (χ3n) is 6.15. The summed E-state index contributed by atoms with van der Waals surface area (Å²) in [7, 11) is 1.55. The van der Waals surface area contributed by atoms with Gasteiger partial charge in [-0.05, 0) is 54.7 Å². The van der Waals surface area contributed by atoms with Crippen LogP contribution in [-0.4, -0.2) is 37.5 Å². The molecule has 0 spiro atoms. The first kappa shape index (κ1) is 26.6. The van der Waals surface area contributed by atoms with Crippen LogP contribution in [0.2, 0.25) is 0 Å². The first-order valence-electron chi connectivity index (χ1n) is 12.3. The molecule has 37 heavy (non-hydrogen) atoms. The van der Waals surface area contributed by atoms with Gasteiger partial charge in [0.05, 0.1) is 35.1 Å². The molecule has 0 fully saturated rings. The van der Waals surface area contributed by atoms with Crippen LogP contribution < -0.4 is 19.6 Å². The van der Waals surface area contributed by atoms with E-state index in [1.54, 1.807) is 18.6 Å². The van der Waals surface area contributed by atoms with Gasteiger partial charge in [0.1, 0.15) is 12.4 Å². The third kappa shape index (κ3) is 5.76. The van der Waals surface area contributed by atoms with E-state index < -0.39 is 12.0 Å². The summed E-state index contributed by atoms with van der Waals surface area (Å²) in [6.45, 7) is 8.92. The average Bonchev–Trinajstić information content (AvgIpc) is 3.18. The van der Waals surface area contributed by atoms with E-state index in [1.165, 1.54) is 16.9 Å². The summed E-state index contributed by atoms with van der Waals surface area (Å²) >= 11 is 1.30. The maximum Gasteiger partial charge on any atom is 0.338 e. The predicted octanol–water partition coefficient (Wildman–Crippen LogP) is 3.95. The Hall–Kier alpha value is -3.49. The summed E-state index contributed by atoms with van der Waals surface area (Å²) in [6, 6.07) is 15.0. The number of carbonyl (C=O) groups is 1. The van der Waals surface area contributed by atoms with Crippen molar-refractivity contribution in [1.82, 2.24) is 4.57 Å². The monoisotopic (exact) mass is 520 g/mol. The highest BCUT2D eigenvalue weighted by atomic mass is 32.1. The van der Waals surface area contributed by atoms with Crippen LogP contribution in [-0.2, 0) is 14.3 Å². The largest absolute Gasteiger partial charge is 0.494 e. The zero-order valence-electron chi connectivity index (χ0n) is 21.8. The maximum absolute atomic E-state index is 13.8. The molecule has 1 atom stereocenters. The molecule has 0 saturated heterocycles. The molecular formula is C29H32N2O5S. The minimum atomic E-state index is -0.649. The van der Waals surface area contributed by atoms with E-state index in [-0.39, 0.29) is 18.8 Å². The van der Waals surface area contributed by atoms with Gasteiger partial charge in [0.15, 0.2) is 4.80 Å². The van der Waals surface area contributed by atoms with Crippen molar-refractivity contribution >= 4 is 23.4 Å². The summed E-state index contributed by atoms with van der Waals surface area (Å²) in [6.07, 6.45) is 1.83. The normalized spacial score (nSPS) is 15.5. The Kier molecular flexibility index (Phi) is 8.41. The van der Waals surface area contributed by atoms with E-state index in [4.69, 9.17) is 14.2 Å². The second kappa shape index (κ2) is 11.7. The number of hydrogen-bond acceptors (Lipinski definition) is 7. The van der Waals surface area contributed by atoms with Gasteiger partial charge in [-0.3, -0.25) is 9.36 Å². The first-order valence-corrected chi connectivity index (χ1v) is 13.2. The topological polar surface area (TPSA) is 79.1 Å². The molecule has 3 aromatic rings. The molecule has 0 aliphatic carbocycles. The number of hydrogen-bond donors (Lipinski definition) is 0. The summed E-state index contributed by atoms with van der Waals surface area (Å²) < 4.78 is 18.2. The molecule has 7 nitrogen and oxygen atoms in total. The van der Waals surface area contributed by atoms with Gasteiger partial charge in [-0.2, -0.15) is 0 Å². The lowest BCUT2D eigenvalue weighted by Gasteiger charge is -2.25. The molecule has 0 bridgehead atoms. The van der Waals surface area contributed by atoms with E-state index in [0.29, 0.717) is 33.1 Å². The number of esters is 1. The Morgan fingerprint density at radius 1 is 1.16 bits per heavy atom. The van der Waals surface area contributed by atoms with Crippen molar-refractivity contribution in [3.8, 4) is 5.75 Å². The second-order valence-corrected chi connectivity index (χ2v) is 10.0. The molecule has 1 aliphatic rings. The van der Waals surface area contributed by atoms with Gasteiger partial charge in [-0.1, -0.05) is 61.6 Å². The molecule has 0 radical (unpaired) electrons. The van der Waals surface area contributed by atoms with Crippen LogP contribution >= 0.6 is 11.3 Å². The molecule has 2 aromatic carbocycles. The highest BCUT2D eigenvalue weighted by molar-refractivity contribution is 7.07. The fraction of sp³-hybridized carbons (Fsp3) is 0.345. The molecule has 0 amide bonds. The molecule has 0 N–H and O–H groups in total. The predicted molar refractivity (Wildman–Crippen MR) is 145 cm³/mol. The Morgan fingerprint density at radius 2 is 1.92 bits per heavy atom. The van der Waals surface area contributed by atoms with Crippen molar-refractivity contribution in [3.63, 3.8) is 0 Å². The lowest BCUT2D eigenvalue weighted by Crippen LogP contribution is -2.40. The summed E-state index contributed by atoms with van der Waals surface area (Å²) in [5.41, 5.74) is 3.53. The number of allylic oxidation sites excluding steroid dienone is 1. The molecule has 2 heterocycles. The van der Waals surface area contributed by atoms with Crippen molar-refractivity contribution < 1.29 is 19.0 Å². The van der Waals surface area contributed by atoms with Crippen LogP contribution in [0, 0.1) is 0 Å². The average molecular weight is 521 g/mol. The fourth-order valence-corrected chi connectivity index (χ4v) is 5.32. The Balaban J connectivity index is 1.86. The Bertz CT molecular complexity index is 1480. The number of ether oxygens (including phenoxy) is 3. The lowest BCUT2D eigenvalue weighted by atomic mass is 9.93. The van der Waals surface area contributed by atoms with Gasteiger partial charge in [0.2, 0.25) is 0 Å². The SMILES string of the molecule is CCOc1cccc(C=c2sc3n(c2=O)C(c2ccc(C(C)C)cc2)C(C(=O)OCCOC)=C(C)N=3)c1. The fourth-order valence-electron chi connectivity index (χ4n) is 4.27. The minimum absolute atomic E-state index is 0.117. The number of nitrogens with zero attached hydrogens (tertiary/aromatic N) is 2. The van der Waals surface area contributed by atoms with Crippen LogP contribution in [0.1, 0.15) is 56.3 Å². The summed E-state index contributed by atoms with van der Waals surface area (Å²) in [4.78, 5) is 32.2. The minimum Gasteiger partial charge on any atom is -0.494 e. The number of rotatable bonds is 9. The molecule has 0 saturated carbocycles. The lowest BCUT2D eigenvalue weighted by molar-refractivity contribution is -0.140. The van der Waals surface area contributed by atoms with Crippen molar-refractivity contribution in [1.29, 1.82) is 0 Å². The third-order valence-corrected chi connectivity index (χ3v) is 7.13. The van der Waals surface area contributed by atoms with E-state index in [2.05, 4.69) is 18.8 Å². The Labute approximate surface area is 220 Å². The number of fused-ring (bicyclic) bond motifs is 1. The van der Waals surface area contributed by atoms with Crippen LogP contribution in [0.3, 0.4) is 0 Å². The quantitative estimate of drug-likeness (QED) is 0.315. The van der Waals surface area contributed by atoms with Crippen LogP contribution in [0.15, 0.2) is 69.6 Å². The van der Waals surface area contributed by atoms with E-state index in [1.807, 2.05) is 61.5 Å². The molecule has 1 unspecified atom stereocenters. The van der Waals surface area contributed by atoms with Crippen molar-refractivity contribution in [2.75, 3.05) is 26.9 Å². The maximum atomic E-state index is 13.8. The van der Waals surface area contributed by atoms with Crippen molar-refractivity contribution in [2.45, 2.75) is 39.7 Å². The summed E-state index contributed by atoms with van der Waals surface area (Å²) in [5.74, 6) is 0.596. The van der Waals surface area contributed by atoms with Gasteiger partial charge in [0.25, 0.3) is 5.56 Å². The van der Waals surface area contributed by atoms with Gasteiger partial charge in [-0.25, -0.2) is 9.79 Å². The smallest absolute Gasteiger partial charge is 0.338 e. The highest BCUT2D eigenvalue weighted by Gasteiger charge is 2.33. The van der Waals surface area contributed by atoms with Crippen LogP contribution in [0.4, 0.5) is 0 Å². The van der Waals surface area contributed by atoms with Crippen LogP contribution in [0.25, 0.3) is 6.08 Å². The zero-order chi connectivity index (χ0) is 26.5. The van der Waals surface area contributed by atoms with Crippen molar-refractivity contribution in [3.05, 3.63) is 96.2 Å². The van der Waals surface area contributed by atoms with Crippen LogP contribution in [0.5, 0.6) is 5.75 Å². The van der Waals surface area contributed by atoms with E-state index in [9.17, 15) is 9.59 Å². The summed E-state index contributed by atoms with van der Waals surface area (Å²) in [5, 5.41) is 0. The molecule has 4 rings (SSSR count). The van der Waals surface area contributed by atoms with E-state index >= 15 is 0 Å². The molecular weight excluding hydrogens is 488 g/mol. The number of thiazole rings is 1. The first-order chi connectivity index (χ1) is 17.8. The second-order valence-electron chi connectivity index (χ2n) is 9.04. The standard InChI is InChI=1S/C29H32N2O5S/c1-6-35-23-9-7-8-20(16-23)17-24-27(32)31-26(22-12-10-21(11-13-22)18(2)3)25(19(4)30-29(31)37-24)28(33)36-15-14-34-5/h7-13,16-18,26H,6,14-15H2,1-5H3. The van der Waals surface area contributed by atoms with Crippen molar-refractivity contribution in [2.24, 2.45) is 4.99 Å². The number of aromatic nitrogens is 1.